The lowest BCUT2D eigenvalue weighted by molar-refractivity contribution is -0.218. The topological polar surface area (TPSA) is 172 Å². The fraction of sp³-hybridized carbons (Fsp3) is 0.455. The predicted octanol–water partition coefficient (Wildman–Crippen LogP) is -0.674. The molecule has 190 valence electrons. The van der Waals surface area contributed by atoms with Gasteiger partial charge in [-0.15, -0.1) is 0 Å². The summed E-state index contributed by atoms with van der Waals surface area (Å²) in [7, 11) is 0. The summed E-state index contributed by atoms with van der Waals surface area (Å²) in [5, 5.41) is 20.5. The van der Waals surface area contributed by atoms with E-state index in [9.17, 15) is 29.4 Å². The molecule has 1 aliphatic heterocycles. The molecule has 1 aromatic heterocycles. The first-order chi connectivity index (χ1) is 16.5. The minimum Gasteiger partial charge on any atom is -0.459 e. The maximum atomic E-state index is 15.2. The number of benzene rings is 1. The van der Waals surface area contributed by atoms with Crippen molar-refractivity contribution in [2.45, 2.75) is 50.9 Å². The summed E-state index contributed by atoms with van der Waals surface area (Å²) in [5.74, 6) is -5.29. The van der Waals surface area contributed by atoms with Crippen LogP contribution in [0.5, 0.6) is 0 Å². The lowest BCUT2D eigenvalue weighted by Crippen LogP contribution is -2.44. The third-order valence-corrected chi connectivity index (χ3v) is 5.37. The Hall–Kier alpha value is -3.39. The van der Waals surface area contributed by atoms with E-state index in [1.807, 2.05) is 0 Å². The summed E-state index contributed by atoms with van der Waals surface area (Å²) in [4.78, 5) is 49.0. The Bertz CT molecular complexity index is 1180. The molecular weight excluding hydrogens is 469 g/mol. The number of carbonyl (C=O) groups is 2. The van der Waals surface area contributed by atoms with Crippen molar-refractivity contribution in [3.63, 3.8) is 0 Å². The Labute approximate surface area is 198 Å². The zero-order valence-corrected chi connectivity index (χ0v) is 18.9. The summed E-state index contributed by atoms with van der Waals surface area (Å²) in [6.07, 6.45) is -5.00. The van der Waals surface area contributed by atoms with Crippen LogP contribution in [0.25, 0.3) is 0 Å². The molecule has 12 nitrogen and oxygen atoms in total. The average molecular weight is 495 g/mol. The molecule has 0 unspecified atom stereocenters. The average Bonchev–Trinajstić information content (AvgIpc) is 3.06. The highest BCUT2D eigenvalue weighted by Gasteiger charge is 2.57. The molecule has 1 fully saturated rings. The number of ether oxygens (including phenoxy) is 3. The molecule has 3 rings (SSSR count). The number of halogens is 1. The summed E-state index contributed by atoms with van der Waals surface area (Å²) in [5.41, 5.74) is 4.29. The second kappa shape index (κ2) is 10.5. The van der Waals surface area contributed by atoms with E-state index in [2.05, 4.69) is 0 Å². The molecular formula is C22H26FN3O9. The first-order valence-corrected chi connectivity index (χ1v) is 10.6. The number of rotatable bonds is 8. The monoisotopic (exact) mass is 495 g/mol. The number of hydrogen-bond donors (Lipinski definition) is 3. The van der Waals surface area contributed by atoms with E-state index in [4.69, 9.17) is 19.9 Å². The van der Waals surface area contributed by atoms with Crippen LogP contribution in [0.3, 0.4) is 0 Å². The van der Waals surface area contributed by atoms with Gasteiger partial charge in [0.05, 0.1) is 5.92 Å². The molecule has 35 heavy (non-hydrogen) atoms. The molecule has 5 atom stereocenters. The van der Waals surface area contributed by atoms with Crippen molar-refractivity contribution in [2.24, 2.45) is 11.7 Å². The molecule has 1 aromatic carbocycles. The van der Waals surface area contributed by atoms with E-state index in [-0.39, 0.29) is 0 Å². The van der Waals surface area contributed by atoms with Crippen molar-refractivity contribution < 1.29 is 38.4 Å². The Morgan fingerprint density at radius 1 is 1.14 bits per heavy atom. The van der Waals surface area contributed by atoms with Gasteiger partial charge in [0.2, 0.25) is 0 Å². The van der Waals surface area contributed by atoms with Gasteiger partial charge in [-0.05, 0) is 5.56 Å². The van der Waals surface area contributed by atoms with Crippen LogP contribution in [0.1, 0.15) is 31.7 Å². The first-order valence-electron chi connectivity index (χ1n) is 10.6. The van der Waals surface area contributed by atoms with E-state index in [0.717, 1.165) is 12.3 Å². The van der Waals surface area contributed by atoms with E-state index in [0.29, 0.717) is 14.7 Å². The maximum absolute atomic E-state index is 15.2. The van der Waals surface area contributed by atoms with Crippen LogP contribution in [0.15, 0.2) is 52.2 Å². The van der Waals surface area contributed by atoms with E-state index < -0.39 is 72.8 Å². The van der Waals surface area contributed by atoms with Gasteiger partial charge in [-0.25, -0.2) is 18.5 Å². The third kappa shape index (κ3) is 5.48. The normalized spacial score (nSPS) is 24.8. The SMILES string of the molecule is CC(C)C(=O)OC[C@@]1(F)O[C@@H](n2ccc(=O)n(COC(=O)[C@@H](N)c3ccccc3)c2=O)[C@H](O)[C@@H]1O. The highest BCUT2D eigenvalue weighted by molar-refractivity contribution is 5.77. The number of nitrogens with two attached hydrogens (primary N) is 1. The summed E-state index contributed by atoms with van der Waals surface area (Å²) in [6, 6.07) is 7.97. The molecule has 0 spiro atoms. The van der Waals surface area contributed by atoms with Gasteiger partial charge >= 0.3 is 17.6 Å². The second-order valence-corrected chi connectivity index (χ2v) is 8.25. The van der Waals surface area contributed by atoms with Gasteiger partial charge in [0, 0.05) is 12.3 Å². The lowest BCUT2D eigenvalue weighted by Gasteiger charge is -2.23. The quantitative estimate of drug-likeness (QED) is 0.399. The number of aromatic nitrogens is 2. The van der Waals surface area contributed by atoms with Crippen LogP contribution in [0.4, 0.5) is 4.39 Å². The molecule has 0 amide bonds. The van der Waals surface area contributed by atoms with Gasteiger partial charge in [0.25, 0.3) is 11.4 Å². The molecule has 2 heterocycles. The van der Waals surface area contributed by atoms with Crippen molar-refractivity contribution in [3.05, 3.63) is 69.0 Å². The highest BCUT2D eigenvalue weighted by Crippen LogP contribution is 2.38. The second-order valence-electron chi connectivity index (χ2n) is 8.25. The summed E-state index contributed by atoms with van der Waals surface area (Å²) >= 11 is 0. The van der Waals surface area contributed by atoms with Crippen molar-refractivity contribution >= 4 is 11.9 Å². The van der Waals surface area contributed by atoms with Crippen LogP contribution in [-0.4, -0.2) is 56.0 Å². The summed E-state index contributed by atoms with van der Waals surface area (Å²) < 4.78 is 31.1. The molecule has 13 heteroatoms. The first kappa shape index (κ1) is 26.2. The summed E-state index contributed by atoms with van der Waals surface area (Å²) in [6.45, 7) is 1.16. The molecule has 0 aliphatic carbocycles. The molecule has 0 bridgehead atoms. The van der Waals surface area contributed by atoms with Crippen LogP contribution in [0.2, 0.25) is 0 Å². The smallest absolute Gasteiger partial charge is 0.335 e. The molecule has 0 radical (unpaired) electrons. The number of hydrogen-bond acceptors (Lipinski definition) is 10. The molecule has 1 aliphatic rings. The van der Waals surface area contributed by atoms with Crippen molar-refractivity contribution in [3.8, 4) is 0 Å². The van der Waals surface area contributed by atoms with E-state index >= 15 is 4.39 Å². The maximum Gasteiger partial charge on any atom is 0.335 e. The minimum atomic E-state index is -3.02. The molecule has 2 aromatic rings. The van der Waals surface area contributed by atoms with Gasteiger partial charge in [0.1, 0.15) is 18.2 Å². The highest BCUT2D eigenvalue weighted by atomic mass is 19.2. The van der Waals surface area contributed by atoms with Gasteiger partial charge in [-0.3, -0.25) is 14.2 Å². The fourth-order valence-electron chi connectivity index (χ4n) is 3.29. The van der Waals surface area contributed by atoms with Crippen molar-refractivity contribution in [2.75, 3.05) is 6.61 Å². The molecule has 0 saturated carbocycles. The lowest BCUT2D eigenvalue weighted by atomic mass is 10.1. The van der Waals surface area contributed by atoms with Gasteiger partial charge in [0.15, 0.2) is 19.6 Å². The van der Waals surface area contributed by atoms with Crippen LogP contribution in [0, 0.1) is 5.92 Å². The van der Waals surface area contributed by atoms with Crippen molar-refractivity contribution in [1.29, 1.82) is 0 Å². The molecule has 4 N–H and O–H groups in total. The van der Waals surface area contributed by atoms with Crippen molar-refractivity contribution in [1.82, 2.24) is 9.13 Å². The number of nitrogens with zero attached hydrogens (tertiary/aromatic N) is 2. The Morgan fingerprint density at radius 2 is 1.80 bits per heavy atom. The molecule has 1 saturated heterocycles. The van der Waals surface area contributed by atoms with Gasteiger partial charge in [-0.1, -0.05) is 44.2 Å². The van der Waals surface area contributed by atoms with Crippen LogP contribution < -0.4 is 17.0 Å². The zero-order valence-electron chi connectivity index (χ0n) is 18.9. The number of esters is 2. The number of aliphatic hydroxyl groups is 2. The third-order valence-electron chi connectivity index (χ3n) is 5.37. The Kier molecular flexibility index (Phi) is 7.85. The van der Waals surface area contributed by atoms with Crippen LogP contribution in [-0.2, 0) is 30.5 Å². The van der Waals surface area contributed by atoms with E-state index in [1.54, 1.807) is 30.3 Å². The van der Waals surface area contributed by atoms with E-state index in [1.165, 1.54) is 13.8 Å². The zero-order chi connectivity index (χ0) is 25.9. The Morgan fingerprint density at radius 3 is 2.43 bits per heavy atom. The standard InChI is InChI=1S/C22H26FN3O9/c1-12(2)19(30)33-10-22(23)17(29)16(28)18(35-22)25-9-8-14(27)26(21(25)32)11-34-20(31)15(24)13-6-4-3-5-7-13/h3-9,12,15-18,28-29H,10-11,24H2,1-2H3/t15-,16+,17-,18+,22+/m0/s1. The fourth-order valence-corrected chi connectivity index (χ4v) is 3.29. The number of aliphatic hydroxyl groups excluding tert-OH is 2. The van der Waals surface area contributed by atoms with Gasteiger partial charge < -0.3 is 30.2 Å². The largest absolute Gasteiger partial charge is 0.459 e. The van der Waals surface area contributed by atoms with Gasteiger partial charge in [-0.2, -0.15) is 0 Å². The number of alkyl halides is 1. The van der Waals surface area contributed by atoms with Crippen LogP contribution >= 0.6 is 0 Å². The minimum absolute atomic E-state index is 0.448. The predicted molar refractivity (Wildman–Crippen MR) is 116 cm³/mol. The number of carbonyl (C=O) groups excluding carboxylic acids is 2. The Balaban J connectivity index is 1.78.